The van der Waals surface area contributed by atoms with Gasteiger partial charge in [-0.15, -0.1) is 0 Å². The number of aromatic nitrogens is 1. The van der Waals surface area contributed by atoms with Gasteiger partial charge in [0.05, 0.1) is 19.8 Å². The molecule has 2 fully saturated rings. The number of halogens is 1. The summed E-state index contributed by atoms with van der Waals surface area (Å²) in [6.07, 6.45) is 1.83. The third-order valence-corrected chi connectivity index (χ3v) is 5.64. The van der Waals surface area contributed by atoms with Gasteiger partial charge in [0.1, 0.15) is 5.82 Å². The maximum atomic E-state index is 6.31. The number of guanidine groups is 1. The predicted octanol–water partition coefficient (Wildman–Crippen LogP) is 2.21. The molecule has 2 saturated heterocycles. The molecular formula is C21H27ClN6O. The molecule has 7 nitrogen and oxygen atoms in total. The van der Waals surface area contributed by atoms with Crippen LogP contribution >= 0.6 is 11.6 Å². The summed E-state index contributed by atoms with van der Waals surface area (Å²) in [4.78, 5) is 16.0. The Morgan fingerprint density at radius 3 is 2.45 bits per heavy atom. The lowest BCUT2D eigenvalue weighted by Crippen LogP contribution is -2.51. The lowest BCUT2D eigenvalue weighted by atomic mass is 10.2. The van der Waals surface area contributed by atoms with Crippen molar-refractivity contribution < 1.29 is 4.74 Å². The zero-order valence-corrected chi connectivity index (χ0v) is 17.3. The number of nitrogens with two attached hydrogens (primary N) is 1. The molecule has 8 heteroatoms. The molecule has 3 heterocycles. The molecule has 2 aliphatic rings. The number of nitrogens with zero attached hydrogens (tertiary/aromatic N) is 5. The SMILES string of the molecule is NC(=NCc1cccnc1N1CCOCC1)N1CCN(c2ccc(Cl)cc2)CC1. The molecule has 0 radical (unpaired) electrons. The first-order valence-corrected chi connectivity index (χ1v) is 10.4. The minimum atomic E-state index is 0.532. The zero-order chi connectivity index (χ0) is 20.1. The third-order valence-electron chi connectivity index (χ3n) is 5.38. The standard InChI is InChI=1S/C21H27ClN6O/c22-18-3-5-19(6-4-18)26-8-10-28(11-9-26)21(23)25-16-17-2-1-7-24-20(17)27-12-14-29-15-13-27/h1-7H,8-16H2,(H2,23,25). The first-order valence-electron chi connectivity index (χ1n) is 10.0. The van der Waals surface area contributed by atoms with Crippen molar-refractivity contribution in [3.05, 3.63) is 53.2 Å². The van der Waals surface area contributed by atoms with Gasteiger partial charge in [-0.3, -0.25) is 0 Å². The van der Waals surface area contributed by atoms with Gasteiger partial charge in [0, 0.05) is 61.7 Å². The molecule has 0 spiro atoms. The van der Waals surface area contributed by atoms with Gasteiger partial charge in [0.2, 0.25) is 0 Å². The van der Waals surface area contributed by atoms with Gasteiger partial charge in [-0.1, -0.05) is 17.7 Å². The van der Waals surface area contributed by atoms with E-state index >= 15 is 0 Å². The summed E-state index contributed by atoms with van der Waals surface area (Å²) in [7, 11) is 0. The second-order valence-corrected chi connectivity index (χ2v) is 7.65. The molecule has 29 heavy (non-hydrogen) atoms. The Labute approximate surface area is 176 Å². The highest BCUT2D eigenvalue weighted by Crippen LogP contribution is 2.21. The Morgan fingerprint density at radius 1 is 1.00 bits per heavy atom. The van der Waals surface area contributed by atoms with Crippen LogP contribution in [0.4, 0.5) is 11.5 Å². The summed E-state index contributed by atoms with van der Waals surface area (Å²) in [5, 5.41) is 0.760. The van der Waals surface area contributed by atoms with Crippen LogP contribution in [-0.2, 0) is 11.3 Å². The van der Waals surface area contributed by atoms with Gasteiger partial charge in [-0.2, -0.15) is 0 Å². The molecule has 0 unspecified atom stereocenters. The highest BCUT2D eigenvalue weighted by Gasteiger charge is 2.19. The fraction of sp³-hybridized carbons (Fsp3) is 0.429. The molecule has 0 amide bonds. The van der Waals surface area contributed by atoms with Crippen molar-refractivity contribution in [1.82, 2.24) is 9.88 Å². The van der Waals surface area contributed by atoms with Crippen LogP contribution in [0.3, 0.4) is 0 Å². The Kier molecular flexibility index (Phi) is 6.36. The topological polar surface area (TPSA) is 70.2 Å². The second kappa shape index (κ2) is 9.33. The Bertz CT molecular complexity index is 829. The fourth-order valence-corrected chi connectivity index (χ4v) is 3.85. The van der Waals surface area contributed by atoms with E-state index in [9.17, 15) is 0 Å². The molecular weight excluding hydrogens is 388 g/mol. The smallest absolute Gasteiger partial charge is 0.191 e. The number of hydrogen-bond donors (Lipinski definition) is 1. The monoisotopic (exact) mass is 414 g/mol. The van der Waals surface area contributed by atoms with Crippen molar-refractivity contribution in [1.29, 1.82) is 0 Å². The van der Waals surface area contributed by atoms with Crippen molar-refractivity contribution in [2.75, 3.05) is 62.3 Å². The molecule has 0 bridgehead atoms. The van der Waals surface area contributed by atoms with Gasteiger partial charge in [0.25, 0.3) is 0 Å². The van der Waals surface area contributed by atoms with Gasteiger partial charge < -0.3 is 25.2 Å². The van der Waals surface area contributed by atoms with E-state index in [4.69, 9.17) is 22.1 Å². The van der Waals surface area contributed by atoms with Crippen LogP contribution in [0.2, 0.25) is 5.02 Å². The first kappa shape index (κ1) is 19.8. The van der Waals surface area contributed by atoms with Crippen molar-refractivity contribution in [3.8, 4) is 0 Å². The average Bonchev–Trinajstić information content (AvgIpc) is 2.79. The number of pyridine rings is 1. The van der Waals surface area contributed by atoms with Crippen LogP contribution in [0.1, 0.15) is 5.56 Å². The molecule has 1 aromatic carbocycles. The van der Waals surface area contributed by atoms with Gasteiger partial charge in [-0.25, -0.2) is 9.98 Å². The lowest BCUT2D eigenvalue weighted by Gasteiger charge is -2.36. The van der Waals surface area contributed by atoms with Gasteiger partial charge in [-0.05, 0) is 30.3 Å². The highest BCUT2D eigenvalue weighted by atomic mass is 35.5. The molecule has 2 aromatic rings. The second-order valence-electron chi connectivity index (χ2n) is 7.21. The summed E-state index contributed by atoms with van der Waals surface area (Å²) in [6.45, 7) is 7.23. The molecule has 4 rings (SSSR count). The van der Waals surface area contributed by atoms with Crippen molar-refractivity contribution in [2.24, 2.45) is 10.7 Å². The van der Waals surface area contributed by atoms with Crippen LogP contribution in [-0.4, -0.2) is 68.3 Å². The van der Waals surface area contributed by atoms with E-state index in [0.717, 1.165) is 68.9 Å². The van der Waals surface area contributed by atoms with E-state index in [-0.39, 0.29) is 0 Å². The summed E-state index contributed by atoms with van der Waals surface area (Å²) >= 11 is 5.99. The molecule has 0 aliphatic carbocycles. The Hall–Kier alpha value is -2.51. The Balaban J connectivity index is 1.36. The third kappa shape index (κ3) is 4.92. The fourth-order valence-electron chi connectivity index (χ4n) is 3.73. The number of aliphatic imine (C=N–C) groups is 1. The minimum Gasteiger partial charge on any atom is -0.378 e. The maximum Gasteiger partial charge on any atom is 0.191 e. The van der Waals surface area contributed by atoms with E-state index in [1.54, 1.807) is 0 Å². The van der Waals surface area contributed by atoms with Crippen LogP contribution < -0.4 is 15.5 Å². The predicted molar refractivity (Wildman–Crippen MR) is 118 cm³/mol. The number of rotatable bonds is 4. The first-order chi connectivity index (χ1) is 14.2. The molecule has 2 aliphatic heterocycles. The van der Waals surface area contributed by atoms with Crippen molar-refractivity contribution >= 4 is 29.1 Å². The highest BCUT2D eigenvalue weighted by molar-refractivity contribution is 6.30. The number of piperazine rings is 1. The lowest BCUT2D eigenvalue weighted by molar-refractivity contribution is 0.122. The maximum absolute atomic E-state index is 6.31. The van der Waals surface area contributed by atoms with E-state index in [1.165, 1.54) is 5.69 Å². The number of benzene rings is 1. The average molecular weight is 415 g/mol. The molecule has 154 valence electrons. The quantitative estimate of drug-likeness (QED) is 0.611. The molecule has 1 aromatic heterocycles. The van der Waals surface area contributed by atoms with Crippen LogP contribution in [0.15, 0.2) is 47.6 Å². The van der Waals surface area contributed by atoms with E-state index in [2.05, 4.69) is 42.9 Å². The largest absolute Gasteiger partial charge is 0.378 e. The minimum absolute atomic E-state index is 0.532. The molecule has 2 N–H and O–H groups in total. The Morgan fingerprint density at radius 2 is 1.72 bits per heavy atom. The number of hydrogen-bond acceptors (Lipinski definition) is 5. The zero-order valence-electron chi connectivity index (χ0n) is 16.5. The summed E-state index contributed by atoms with van der Waals surface area (Å²) < 4.78 is 5.45. The molecule has 0 atom stereocenters. The number of anilines is 2. The van der Waals surface area contributed by atoms with Crippen LogP contribution in [0, 0.1) is 0 Å². The summed E-state index contributed by atoms with van der Waals surface area (Å²) in [5.74, 6) is 1.58. The van der Waals surface area contributed by atoms with Gasteiger partial charge in [0.15, 0.2) is 5.96 Å². The molecule has 0 saturated carbocycles. The summed E-state index contributed by atoms with van der Waals surface area (Å²) in [5.41, 5.74) is 8.60. The van der Waals surface area contributed by atoms with Crippen molar-refractivity contribution in [3.63, 3.8) is 0 Å². The van der Waals surface area contributed by atoms with Crippen LogP contribution in [0.5, 0.6) is 0 Å². The van der Waals surface area contributed by atoms with Crippen LogP contribution in [0.25, 0.3) is 0 Å². The normalized spacial score (nSPS) is 18.2. The summed E-state index contributed by atoms with van der Waals surface area (Å²) in [6, 6.07) is 12.0. The van der Waals surface area contributed by atoms with E-state index < -0.39 is 0 Å². The van der Waals surface area contributed by atoms with E-state index in [1.807, 2.05) is 24.4 Å². The van der Waals surface area contributed by atoms with Crippen molar-refractivity contribution in [2.45, 2.75) is 6.54 Å². The van der Waals surface area contributed by atoms with E-state index in [0.29, 0.717) is 12.5 Å². The van der Waals surface area contributed by atoms with Gasteiger partial charge >= 0.3 is 0 Å². The number of ether oxygens (including phenoxy) is 1. The number of morpholine rings is 1.